The second-order valence-corrected chi connectivity index (χ2v) is 7.92. The lowest BCUT2D eigenvalue weighted by Gasteiger charge is -2.30. The molecule has 26 heavy (non-hydrogen) atoms. The van der Waals surface area contributed by atoms with Crippen molar-refractivity contribution in [3.05, 3.63) is 40.2 Å². The molecule has 2 heterocycles. The van der Waals surface area contributed by atoms with Crippen molar-refractivity contribution in [1.29, 1.82) is 0 Å². The molecule has 0 saturated carbocycles. The maximum absolute atomic E-state index is 12.6. The van der Waals surface area contributed by atoms with Gasteiger partial charge in [0.1, 0.15) is 0 Å². The molecule has 0 spiro atoms. The van der Waals surface area contributed by atoms with Crippen LogP contribution in [0.4, 0.5) is 0 Å². The summed E-state index contributed by atoms with van der Waals surface area (Å²) in [5.41, 5.74) is 2.00. The standard InChI is InChI=1S/C20H27N3O2S/c1-3-17(14-23-9-11-25-12-10-23)22-19(24)13-18-20(21-15(2)26-18)16-7-5-4-6-8-16/h4-8,17H,3,9-14H2,1-2H3,(H,22,24). The van der Waals surface area contributed by atoms with Gasteiger partial charge in [0.2, 0.25) is 5.91 Å². The first-order chi connectivity index (χ1) is 12.7. The van der Waals surface area contributed by atoms with E-state index < -0.39 is 0 Å². The van der Waals surface area contributed by atoms with Crippen LogP contribution < -0.4 is 5.32 Å². The summed E-state index contributed by atoms with van der Waals surface area (Å²) in [6.07, 6.45) is 1.31. The topological polar surface area (TPSA) is 54.5 Å². The van der Waals surface area contributed by atoms with Gasteiger partial charge in [-0.1, -0.05) is 37.3 Å². The van der Waals surface area contributed by atoms with E-state index >= 15 is 0 Å². The molecule has 1 saturated heterocycles. The van der Waals surface area contributed by atoms with Gasteiger partial charge >= 0.3 is 0 Å². The minimum absolute atomic E-state index is 0.0749. The highest BCUT2D eigenvalue weighted by Gasteiger charge is 2.19. The van der Waals surface area contributed by atoms with Crippen LogP contribution in [0.25, 0.3) is 11.3 Å². The summed E-state index contributed by atoms with van der Waals surface area (Å²) in [6.45, 7) is 8.45. The smallest absolute Gasteiger partial charge is 0.225 e. The molecule has 5 nitrogen and oxygen atoms in total. The molecule has 0 bridgehead atoms. The van der Waals surface area contributed by atoms with Crippen LogP contribution in [0.2, 0.25) is 0 Å². The predicted molar refractivity (Wildman–Crippen MR) is 105 cm³/mol. The summed E-state index contributed by atoms with van der Waals surface area (Å²) < 4.78 is 5.40. The number of rotatable bonds is 7. The molecule has 1 N–H and O–H groups in total. The Morgan fingerprint density at radius 1 is 1.31 bits per heavy atom. The van der Waals surface area contributed by atoms with Gasteiger partial charge in [-0.25, -0.2) is 4.98 Å². The number of aromatic nitrogens is 1. The average molecular weight is 374 g/mol. The van der Waals surface area contributed by atoms with Gasteiger partial charge in [0, 0.05) is 36.1 Å². The summed E-state index contributed by atoms with van der Waals surface area (Å²) in [4.78, 5) is 20.7. The zero-order chi connectivity index (χ0) is 18.4. The molecule has 2 aromatic rings. The van der Waals surface area contributed by atoms with Crippen molar-refractivity contribution in [3.63, 3.8) is 0 Å². The zero-order valence-electron chi connectivity index (χ0n) is 15.5. The van der Waals surface area contributed by atoms with Crippen LogP contribution in [0.1, 0.15) is 23.2 Å². The van der Waals surface area contributed by atoms with Gasteiger partial charge in [0.25, 0.3) is 0 Å². The molecule has 1 aromatic heterocycles. The highest BCUT2D eigenvalue weighted by atomic mass is 32.1. The van der Waals surface area contributed by atoms with E-state index in [-0.39, 0.29) is 11.9 Å². The fourth-order valence-corrected chi connectivity index (χ4v) is 4.16. The second kappa shape index (κ2) is 9.26. The van der Waals surface area contributed by atoms with Crippen LogP contribution in [0.15, 0.2) is 30.3 Å². The monoisotopic (exact) mass is 373 g/mol. The van der Waals surface area contributed by atoms with E-state index in [0.29, 0.717) is 6.42 Å². The number of carbonyl (C=O) groups is 1. The van der Waals surface area contributed by atoms with Crippen molar-refractivity contribution in [2.24, 2.45) is 0 Å². The van der Waals surface area contributed by atoms with Crippen molar-refractivity contribution in [2.45, 2.75) is 32.7 Å². The highest BCUT2D eigenvalue weighted by Crippen LogP contribution is 2.28. The predicted octanol–water partition coefficient (Wildman–Crippen LogP) is 2.89. The van der Waals surface area contributed by atoms with Crippen molar-refractivity contribution >= 4 is 17.2 Å². The normalized spacial score (nSPS) is 16.4. The van der Waals surface area contributed by atoms with Crippen molar-refractivity contribution in [1.82, 2.24) is 15.2 Å². The zero-order valence-corrected chi connectivity index (χ0v) is 16.3. The first-order valence-corrected chi connectivity index (χ1v) is 10.1. The molecule has 1 fully saturated rings. The van der Waals surface area contributed by atoms with Crippen molar-refractivity contribution in [3.8, 4) is 11.3 Å². The quantitative estimate of drug-likeness (QED) is 0.811. The number of aryl methyl sites for hydroxylation is 1. The van der Waals surface area contributed by atoms with Gasteiger partial charge in [0.05, 0.1) is 30.3 Å². The van der Waals surface area contributed by atoms with Crippen molar-refractivity contribution < 1.29 is 9.53 Å². The maximum atomic E-state index is 12.6. The average Bonchev–Trinajstić information content (AvgIpc) is 3.02. The summed E-state index contributed by atoms with van der Waals surface area (Å²) in [6, 6.07) is 10.3. The van der Waals surface area contributed by atoms with Crippen molar-refractivity contribution in [2.75, 3.05) is 32.8 Å². The number of benzene rings is 1. The molecule has 0 aliphatic carbocycles. The molecule has 1 unspecified atom stereocenters. The highest BCUT2D eigenvalue weighted by molar-refractivity contribution is 7.12. The number of carbonyl (C=O) groups excluding carboxylic acids is 1. The summed E-state index contributed by atoms with van der Waals surface area (Å²) in [7, 11) is 0. The van der Waals surface area contributed by atoms with Crippen LogP contribution in [-0.2, 0) is 16.0 Å². The number of hydrogen-bond donors (Lipinski definition) is 1. The fraction of sp³-hybridized carbons (Fsp3) is 0.500. The Balaban J connectivity index is 1.62. The molecule has 6 heteroatoms. The largest absolute Gasteiger partial charge is 0.379 e. The number of thiazole rings is 1. The second-order valence-electron chi connectivity index (χ2n) is 6.63. The fourth-order valence-electron chi connectivity index (χ4n) is 3.21. The minimum Gasteiger partial charge on any atom is -0.379 e. The number of ether oxygens (including phenoxy) is 1. The van der Waals surface area contributed by atoms with Crippen LogP contribution in [0.5, 0.6) is 0 Å². The van der Waals surface area contributed by atoms with Gasteiger partial charge in [-0.3, -0.25) is 9.69 Å². The first kappa shape index (κ1) is 19.0. The number of amides is 1. The summed E-state index contributed by atoms with van der Waals surface area (Å²) in [5, 5.41) is 4.20. The van der Waals surface area contributed by atoms with Crippen LogP contribution in [0, 0.1) is 6.92 Å². The Hall–Kier alpha value is -1.76. The molecule has 1 amide bonds. The number of nitrogens with zero attached hydrogens (tertiary/aromatic N) is 2. The Morgan fingerprint density at radius 2 is 2.04 bits per heavy atom. The van der Waals surface area contributed by atoms with E-state index in [1.165, 1.54) is 0 Å². The lowest BCUT2D eigenvalue weighted by molar-refractivity contribution is -0.121. The third-order valence-electron chi connectivity index (χ3n) is 4.61. The van der Waals surface area contributed by atoms with Crippen LogP contribution in [0.3, 0.4) is 0 Å². The lowest BCUT2D eigenvalue weighted by atomic mass is 10.1. The number of hydrogen-bond acceptors (Lipinski definition) is 5. The van der Waals surface area contributed by atoms with Crippen LogP contribution in [-0.4, -0.2) is 54.7 Å². The van der Waals surface area contributed by atoms with Gasteiger partial charge in [0.15, 0.2) is 0 Å². The molecule has 1 aromatic carbocycles. The molecule has 0 radical (unpaired) electrons. The van der Waals surface area contributed by atoms with Crippen LogP contribution >= 0.6 is 11.3 Å². The van der Waals surface area contributed by atoms with E-state index in [0.717, 1.165) is 60.4 Å². The van der Waals surface area contributed by atoms with E-state index in [2.05, 4.69) is 22.1 Å². The number of nitrogens with one attached hydrogen (secondary N) is 1. The van der Waals surface area contributed by atoms with Gasteiger partial charge in [-0.05, 0) is 13.3 Å². The third kappa shape index (κ3) is 5.13. The summed E-state index contributed by atoms with van der Waals surface area (Å²) in [5.74, 6) is 0.0749. The Labute approximate surface area is 159 Å². The lowest BCUT2D eigenvalue weighted by Crippen LogP contribution is -2.47. The van der Waals surface area contributed by atoms with Gasteiger partial charge in [-0.2, -0.15) is 0 Å². The molecule has 140 valence electrons. The first-order valence-electron chi connectivity index (χ1n) is 9.27. The summed E-state index contributed by atoms with van der Waals surface area (Å²) >= 11 is 1.61. The van der Waals surface area contributed by atoms with E-state index in [1.54, 1.807) is 11.3 Å². The third-order valence-corrected chi connectivity index (χ3v) is 5.58. The van der Waals surface area contributed by atoms with Gasteiger partial charge < -0.3 is 10.1 Å². The SMILES string of the molecule is CCC(CN1CCOCC1)NC(=O)Cc1sc(C)nc1-c1ccccc1. The molecule has 1 aliphatic rings. The van der Waals surface area contributed by atoms with E-state index in [1.807, 2.05) is 37.3 Å². The molecular weight excluding hydrogens is 346 g/mol. The Bertz CT molecular complexity index is 711. The number of morpholine rings is 1. The van der Waals surface area contributed by atoms with Gasteiger partial charge in [-0.15, -0.1) is 11.3 Å². The molecule has 3 rings (SSSR count). The van der Waals surface area contributed by atoms with E-state index in [4.69, 9.17) is 4.74 Å². The Morgan fingerprint density at radius 3 is 2.73 bits per heavy atom. The molecular formula is C20H27N3O2S. The minimum atomic E-state index is 0.0749. The molecule has 1 aliphatic heterocycles. The maximum Gasteiger partial charge on any atom is 0.225 e. The molecule has 1 atom stereocenters. The van der Waals surface area contributed by atoms with E-state index in [9.17, 15) is 4.79 Å². The Kier molecular flexibility index (Phi) is 6.77.